The fourth-order valence-electron chi connectivity index (χ4n) is 0.394. The Bertz CT molecular complexity index is 358. The number of carbonyl (C=O) groups is 4. The van der Waals surface area contributed by atoms with E-state index in [1.807, 2.05) is 0 Å². The minimum atomic E-state index is -1.55. The first-order valence-corrected chi connectivity index (χ1v) is 3.89. The van der Waals surface area contributed by atoms with E-state index >= 15 is 0 Å². The molecule has 0 aliphatic heterocycles. The van der Waals surface area contributed by atoms with E-state index in [9.17, 15) is 29.4 Å². The van der Waals surface area contributed by atoms with Crippen molar-refractivity contribution in [3.05, 3.63) is 24.3 Å². The molecule has 0 fully saturated rings. The molecular formula is C9H8Na2O8. The summed E-state index contributed by atoms with van der Waals surface area (Å²) in [6.07, 6.45) is 0.264. The third-order valence-electron chi connectivity index (χ3n) is 1.02. The van der Waals surface area contributed by atoms with E-state index in [1.54, 1.807) is 0 Å². The van der Waals surface area contributed by atoms with Crippen LogP contribution in [0, 0.1) is 0 Å². The molecule has 0 spiro atoms. The molecule has 0 bridgehead atoms. The van der Waals surface area contributed by atoms with Crippen molar-refractivity contribution in [1.82, 2.24) is 0 Å². The second-order valence-electron chi connectivity index (χ2n) is 2.45. The molecule has 8 nitrogen and oxygen atoms in total. The molecule has 94 valence electrons. The van der Waals surface area contributed by atoms with Crippen LogP contribution in [0.3, 0.4) is 0 Å². The van der Waals surface area contributed by atoms with Crippen molar-refractivity contribution in [3.63, 3.8) is 0 Å². The maximum atomic E-state index is 9.87. The number of carboxylic acids is 4. The van der Waals surface area contributed by atoms with Crippen molar-refractivity contribution in [1.29, 1.82) is 0 Å². The normalized spacial score (nSPS) is 8.00. The van der Waals surface area contributed by atoms with Gasteiger partial charge in [0.15, 0.2) is 0 Å². The Hall–Kier alpha value is -0.640. The fraction of sp³-hybridized carbons (Fsp3) is 0.111. The maximum absolute atomic E-state index is 9.87. The third-order valence-corrected chi connectivity index (χ3v) is 1.02. The fourth-order valence-corrected chi connectivity index (χ4v) is 0.394. The van der Waals surface area contributed by atoms with E-state index in [4.69, 9.17) is 10.2 Å². The van der Waals surface area contributed by atoms with E-state index in [0.29, 0.717) is 12.2 Å². The van der Waals surface area contributed by atoms with E-state index in [1.165, 1.54) is 0 Å². The van der Waals surface area contributed by atoms with Crippen molar-refractivity contribution >= 4 is 23.9 Å². The molecule has 19 heavy (non-hydrogen) atoms. The van der Waals surface area contributed by atoms with Gasteiger partial charge in [0.1, 0.15) is 0 Å². The van der Waals surface area contributed by atoms with Gasteiger partial charge in [-0.1, -0.05) is 6.58 Å². The van der Waals surface area contributed by atoms with Crippen molar-refractivity contribution in [2.45, 2.75) is 6.42 Å². The molecule has 0 amide bonds. The van der Waals surface area contributed by atoms with Gasteiger partial charge in [-0.3, -0.25) is 4.79 Å². The first-order chi connectivity index (χ1) is 7.66. The van der Waals surface area contributed by atoms with Gasteiger partial charge in [-0.05, 0) is 12.2 Å². The average Bonchev–Trinajstić information content (AvgIpc) is 2.14. The van der Waals surface area contributed by atoms with Crippen LogP contribution in [0.15, 0.2) is 24.3 Å². The maximum Gasteiger partial charge on any atom is 1.00 e. The molecule has 0 atom stereocenters. The average molecular weight is 290 g/mol. The first kappa shape index (κ1) is 26.8. The molecule has 0 saturated carbocycles. The summed E-state index contributed by atoms with van der Waals surface area (Å²) in [6.45, 7) is 3.01. The van der Waals surface area contributed by atoms with Crippen molar-refractivity contribution in [2.75, 3.05) is 0 Å². The standard InChI is InChI=1S/C5H6O4.C4H4O4.2Na/c1-3(5(8)9)2-4(6)7;5-3(6)1-2-4(7)8;;/h1-2H2,(H,6,7)(H,8,9);1-2H,(H,5,6)(H,7,8);;/q;;2*+1/p-2/b;2-1-;;. The van der Waals surface area contributed by atoms with E-state index in [0.717, 1.165) is 0 Å². The quantitative estimate of drug-likeness (QED) is 0.373. The van der Waals surface area contributed by atoms with Gasteiger partial charge in [-0.2, -0.15) is 0 Å². The Balaban J connectivity index is -0.000000108. The summed E-state index contributed by atoms with van der Waals surface area (Å²) in [5.74, 6) is -5.54. The van der Waals surface area contributed by atoms with Crippen LogP contribution in [0.25, 0.3) is 0 Å². The zero-order chi connectivity index (χ0) is 14.0. The summed E-state index contributed by atoms with van der Waals surface area (Å²) >= 11 is 0. The second-order valence-corrected chi connectivity index (χ2v) is 2.45. The first-order valence-electron chi connectivity index (χ1n) is 3.89. The van der Waals surface area contributed by atoms with Crippen LogP contribution in [0.2, 0.25) is 0 Å². The molecule has 2 N–H and O–H groups in total. The molecule has 0 rings (SSSR count). The van der Waals surface area contributed by atoms with Crippen LogP contribution < -0.4 is 69.3 Å². The van der Waals surface area contributed by atoms with Gasteiger partial charge in [-0.25, -0.2) is 4.79 Å². The zero-order valence-corrected chi connectivity index (χ0v) is 14.4. The van der Waals surface area contributed by atoms with Crippen molar-refractivity contribution in [2.24, 2.45) is 0 Å². The predicted molar refractivity (Wildman–Crippen MR) is 48.2 cm³/mol. The van der Waals surface area contributed by atoms with Gasteiger partial charge >= 0.3 is 71.1 Å². The summed E-state index contributed by atoms with van der Waals surface area (Å²) in [6, 6.07) is 0. The molecule has 0 aliphatic carbocycles. The van der Waals surface area contributed by atoms with Crippen LogP contribution in [0.5, 0.6) is 0 Å². The Labute approximate surface area is 152 Å². The number of aliphatic carboxylic acids is 4. The Morgan fingerprint density at radius 1 is 0.947 bits per heavy atom. The van der Waals surface area contributed by atoms with Crippen LogP contribution in [-0.2, 0) is 19.2 Å². The molecular weight excluding hydrogens is 282 g/mol. The third kappa shape index (κ3) is 26.8. The van der Waals surface area contributed by atoms with Crippen LogP contribution >= 0.6 is 0 Å². The number of carbonyl (C=O) groups excluding carboxylic acids is 2. The van der Waals surface area contributed by atoms with Gasteiger partial charge in [0.25, 0.3) is 0 Å². The molecule has 0 radical (unpaired) electrons. The molecule has 10 heteroatoms. The summed E-state index contributed by atoms with van der Waals surface area (Å²) in [5, 5.41) is 34.9. The minimum absolute atomic E-state index is 0. The van der Waals surface area contributed by atoms with Crippen LogP contribution in [0.1, 0.15) is 6.42 Å². The monoisotopic (exact) mass is 290 g/mol. The topological polar surface area (TPSA) is 155 Å². The van der Waals surface area contributed by atoms with E-state index in [-0.39, 0.29) is 64.7 Å². The summed E-state index contributed by atoms with van der Waals surface area (Å²) in [4.78, 5) is 38.5. The molecule has 0 unspecified atom stereocenters. The number of carboxylic acid groups (broad SMARTS) is 4. The van der Waals surface area contributed by atoms with Gasteiger partial charge in [0, 0.05) is 5.57 Å². The van der Waals surface area contributed by atoms with E-state index < -0.39 is 30.3 Å². The zero-order valence-electron chi connectivity index (χ0n) is 10.4. The number of hydrogen-bond acceptors (Lipinski definition) is 6. The smallest absolute Gasteiger partial charge is 0.545 e. The van der Waals surface area contributed by atoms with E-state index in [2.05, 4.69) is 6.58 Å². The van der Waals surface area contributed by atoms with Crippen LogP contribution in [-0.4, -0.2) is 34.1 Å². The number of rotatable bonds is 5. The molecule has 0 aromatic rings. The Morgan fingerprint density at radius 3 is 1.37 bits per heavy atom. The molecule has 0 saturated heterocycles. The summed E-state index contributed by atoms with van der Waals surface area (Å²) < 4.78 is 0. The van der Waals surface area contributed by atoms with Gasteiger partial charge in [0.05, 0.1) is 18.4 Å². The summed E-state index contributed by atoms with van der Waals surface area (Å²) in [7, 11) is 0. The summed E-state index contributed by atoms with van der Waals surface area (Å²) in [5.41, 5.74) is -0.303. The molecule has 0 aromatic heterocycles. The van der Waals surface area contributed by atoms with Gasteiger partial charge < -0.3 is 30.0 Å². The van der Waals surface area contributed by atoms with Gasteiger partial charge in [0.2, 0.25) is 0 Å². The Morgan fingerprint density at radius 2 is 1.26 bits per heavy atom. The predicted octanol–water partition coefficient (Wildman–Crippen LogP) is -8.85. The van der Waals surface area contributed by atoms with Crippen molar-refractivity contribution < 1.29 is 98.7 Å². The SMILES string of the molecule is C=C(CC(=O)O)C(=O)O.O=C([O-])/C=C\C(=O)[O-].[Na+].[Na+]. The second kappa shape index (κ2) is 15.4. The van der Waals surface area contributed by atoms with Gasteiger partial charge in [-0.15, -0.1) is 0 Å². The van der Waals surface area contributed by atoms with Crippen LogP contribution in [0.4, 0.5) is 0 Å². The Kier molecular flexibility index (Phi) is 21.8. The molecule has 0 aliphatic rings. The largest absolute Gasteiger partial charge is 1.00 e. The number of hydrogen-bond donors (Lipinski definition) is 2. The molecule has 0 heterocycles. The molecule has 0 aromatic carbocycles. The van der Waals surface area contributed by atoms with Crippen molar-refractivity contribution in [3.8, 4) is 0 Å². The minimum Gasteiger partial charge on any atom is -0.545 e.